The lowest BCUT2D eigenvalue weighted by Crippen LogP contribution is -2.53. The first-order chi connectivity index (χ1) is 16.9. The Kier molecular flexibility index (Phi) is 10.9. The average molecular weight is 559 g/mol. The van der Waals surface area contributed by atoms with Gasteiger partial charge in [0.1, 0.15) is 18.3 Å². The summed E-state index contributed by atoms with van der Waals surface area (Å²) in [6, 6.07) is 10.6. The Morgan fingerprint density at radius 2 is 1.67 bits per heavy atom. The van der Waals surface area contributed by atoms with Crippen LogP contribution in [0.25, 0.3) is 0 Å². The third-order valence-electron chi connectivity index (χ3n) is 5.77. The summed E-state index contributed by atoms with van der Waals surface area (Å²) in [5.41, 5.74) is 0.959. The molecule has 0 saturated carbocycles. The number of sulfonamides is 1. The van der Waals surface area contributed by atoms with Gasteiger partial charge in [-0.25, -0.2) is 8.42 Å². The van der Waals surface area contributed by atoms with E-state index in [9.17, 15) is 18.0 Å². The summed E-state index contributed by atoms with van der Waals surface area (Å²) in [4.78, 5) is 28.2. The minimum atomic E-state index is -3.87. The Bertz CT molecular complexity index is 1160. The molecule has 8 nitrogen and oxygen atoms in total. The number of ether oxygens (including phenoxy) is 1. The van der Waals surface area contributed by atoms with Crippen molar-refractivity contribution >= 4 is 50.7 Å². The van der Waals surface area contributed by atoms with Crippen molar-refractivity contribution in [2.45, 2.75) is 52.2 Å². The molecule has 0 spiro atoms. The van der Waals surface area contributed by atoms with E-state index in [-0.39, 0.29) is 34.2 Å². The van der Waals surface area contributed by atoms with Gasteiger partial charge < -0.3 is 15.0 Å². The molecule has 0 radical (unpaired) electrons. The Hall–Kier alpha value is -2.49. The van der Waals surface area contributed by atoms with Gasteiger partial charge in [-0.2, -0.15) is 0 Å². The van der Waals surface area contributed by atoms with Crippen molar-refractivity contribution < 1.29 is 22.7 Å². The highest BCUT2D eigenvalue weighted by Gasteiger charge is 2.32. The summed E-state index contributed by atoms with van der Waals surface area (Å²) in [6.07, 6.45) is 2.08. The van der Waals surface area contributed by atoms with Crippen molar-refractivity contribution in [2.75, 3.05) is 24.2 Å². The minimum Gasteiger partial charge on any atom is -0.497 e. The van der Waals surface area contributed by atoms with Crippen molar-refractivity contribution in [3.8, 4) is 5.75 Å². The Morgan fingerprint density at radius 3 is 2.17 bits per heavy atom. The number of hydrogen-bond acceptors (Lipinski definition) is 5. The van der Waals surface area contributed by atoms with Crippen LogP contribution in [0.5, 0.6) is 5.75 Å². The highest BCUT2D eigenvalue weighted by atomic mass is 35.5. The smallest absolute Gasteiger partial charge is 0.244 e. The molecule has 0 aromatic heterocycles. The van der Waals surface area contributed by atoms with Crippen molar-refractivity contribution in [1.82, 2.24) is 10.2 Å². The summed E-state index contributed by atoms with van der Waals surface area (Å²) in [6.45, 7) is 5.24. The van der Waals surface area contributed by atoms with E-state index in [1.165, 1.54) is 23.1 Å². The molecule has 2 amide bonds. The van der Waals surface area contributed by atoms with Crippen LogP contribution in [0.3, 0.4) is 0 Å². The van der Waals surface area contributed by atoms with E-state index in [0.29, 0.717) is 12.2 Å². The third kappa shape index (κ3) is 8.01. The largest absolute Gasteiger partial charge is 0.497 e. The lowest BCUT2D eigenvalue weighted by molar-refractivity contribution is -0.140. The normalized spacial score (nSPS) is 13.0. The molecule has 0 aliphatic rings. The van der Waals surface area contributed by atoms with Crippen LogP contribution in [-0.4, -0.2) is 57.1 Å². The fourth-order valence-corrected chi connectivity index (χ4v) is 4.68. The van der Waals surface area contributed by atoms with Gasteiger partial charge in [0.25, 0.3) is 0 Å². The number of nitrogens with one attached hydrogen (secondary N) is 1. The van der Waals surface area contributed by atoms with Gasteiger partial charge in [-0.15, -0.1) is 0 Å². The Labute approximate surface area is 223 Å². The topological polar surface area (TPSA) is 96.0 Å². The fourth-order valence-electron chi connectivity index (χ4n) is 3.54. The number of carbonyl (C=O) groups excluding carboxylic acids is 2. The molecule has 0 heterocycles. The molecule has 0 aliphatic carbocycles. The summed E-state index contributed by atoms with van der Waals surface area (Å²) in [5, 5.41) is 3.35. The highest BCUT2D eigenvalue weighted by molar-refractivity contribution is 7.92. The standard InChI is InChI=1S/C25H33Cl2N3O5S/c1-6-17(3)28-25(32)23(7-2)29(15-18-8-11-20(35-4)12-9-18)24(31)16-30(36(5,33)34)19-10-13-21(26)22(27)14-19/h8-14,17,23H,6-7,15-16H2,1-5H3,(H,28,32)/t17-,23+/m0/s1. The number of benzene rings is 2. The molecule has 11 heteroatoms. The maximum atomic E-state index is 13.7. The van der Waals surface area contributed by atoms with Crippen LogP contribution < -0.4 is 14.4 Å². The summed E-state index contributed by atoms with van der Waals surface area (Å²) < 4.78 is 31.5. The van der Waals surface area contributed by atoms with Crippen LogP contribution in [0, 0.1) is 0 Å². The van der Waals surface area contributed by atoms with E-state index >= 15 is 0 Å². The van der Waals surface area contributed by atoms with Crippen LogP contribution in [0.1, 0.15) is 39.2 Å². The molecular formula is C25H33Cl2N3O5S. The van der Waals surface area contributed by atoms with Gasteiger partial charge in [0.15, 0.2) is 0 Å². The van der Waals surface area contributed by atoms with E-state index in [1.54, 1.807) is 31.4 Å². The number of anilines is 1. The summed E-state index contributed by atoms with van der Waals surface area (Å²) in [7, 11) is -2.31. The van der Waals surface area contributed by atoms with Gasteiger partial charge in [-0.3, -0.25) is 13.9 Å². The first-order valence-corrected chi connectivity index (χ1v) is 14.2. The second-order valence-corrected chi connectivity index (χ2v) is 11.2. The number of nitrogens with zero attached hydrogens (tertiary/aromatic N) is 2. The molecule has 2 aromatic rings. The van der Waals surface area contributed by atoms with Crippen LogP contribution >= 0.6 is 23.2 Å². The lowest BCUT2D eigenvalue weighted by atomic mass is 10.1. The second kappa shape index (κ2) is 13.2. The third-order valence-corrected chi connectivity index (χ3v) is 7.65. The van der Waals surface area contributed by atoms with E-state index in [1.807, 2.05) is 20.8 Å². The molecule has 0 fully saturated rings. The quantitative estimate of drug-likeness (QED) is 0.414. The number of amides is 2. The van der Waals surface area contributed by atoms with E-state index < -0.39 is 28.5 Å². The molecule has 2 aromatic carbocycles. The van der Waals surface area contributed by atoms with Gasteiger partial charge in [-0.1, -0.05) is 49.2 Å². The number of carbonyl (C=O) groups is 2. The number of halogens is 2. The Balaban J connectivity index is 2.45. The molecule has 0 aliphatic heterocycles. The summed E-state index contributed by atoms with van der Waals surface area (Å²) >= 11 is 12.1. The first-order valence-electron chi connectivity index (χ1n) is 11.6. The zero-order valence-electron chi connectivity index (χ0n) is 21.1. The number of methoxy groups -OCH3 is 1. The fraction of sp³-hybridized carbons (Fsp3) is 0.440. The molecular weight excluding hydrogens is 525 g/mol. The molecule has 2 atom stereocenters. The molecule has 1 N–H and O–H groups in total. The average Bonchev–Trinajstić information content (AvgIpc) is 2.83. The predicted octanol–water partition coefficient (Wildman–Crippen LogP) is 4.49. The highest BCUT2D eigenvalue weighted by Crippen LogP contribution is 2.29. The Morgan fingerprint density at radius 1 is 1.03 bits per heavy atom. The molecule has 0 bridgehead atoms. The maximum Gasteiger partial charge on any atom is 0.244 e. The molecule has 198 valence electrons. The minimum absolute atomic E-state index is 0.0757. The molecule has 36 heavy (non-hydrogen) atoms. The molecule has 0 saturated heterocycles. The van der Waals surface area contributed by atoms with E-state index in [4.69, 9.17) is 27.9 Å². The second-order valence-electron chi connectivity index (χ2n) is 8.48. The van der Waals surface area contributed by atoms with Crippen LogP contribution in [-0.2, 0) is 26.2 Å². The maximum absolute atomic E-state index is 13.7. The van der Waals surface area contributed by atoms with Crippen molar-refractivity contribution in [1.29, 1.82) is 0 Å². The van der Waals surface area contributed by atoms with Gasteiger partial charge >= 0.3 is 0 Å². The molecule has 0 unspecified atom stereocenters. The van der Waals surface area contributed by atoms with Gasteiger partial charge in [0.2, 0.25) is 21.8 Å². The van der Waals surface area contributed by atoms with Gasteiger partial charge in [0.05, 0.1) is 29.1 Å². The number of rotatable bonds is 12. The van der Waals surface area contributed by atoms with Crippen LogP contribution in [0.15, 0.2) is 42.5 Å². The van der Waals surface area contributed by atoms with E-state index in [2.05, 4.69) is 5.32 Å². The van der Waals surface area contributed by atoms with Gasteiger partial charge in [-0.05, 0) is 55.7 Å². The lowest BCUT2D eigenvalue weighted by Gasteiger charge is -2.33. The zero-order valence-corrected chi connectivity index (χ0v) is 23.5. The summed E-state index contributed by atoms with van der Waals surface area (Å²) in [5.74, 6) is -0.177. The van der Waals surface area contributed by atoms with Crippen LogP contribution in [0.2, 0.25) is 10.0 Å². The van der Waals surface area contributed by atoms with Crippen molar-refractivity contribution in [3.63, 3.8) is 0 Å². The monoisotopic (exact) mass is 557 g/mol. The van der Waals surface area contributed by atoms with E-state index in [0.717, 1.165) is 22.5 Å². The first kappa shape index (κ1) is 29.7. The SMILES string of the molecule is CC[C@H](C(=O)N[C@@H](C)CC)N(Cc1ccc(OC)cc1)C(=O)CN(c1ccc(Cl)c(Cl)c1)S(C)(=O)=O. The molecule has 2 rings (SSSR count). The number of hydrogen-bond donors (Lipinski definition) is 1. The zero-order chi connectivity index (χ0) is 27.0. The van der Waals surface area contributed by atoms with Gasteiger partial charge in [0, 0.05) is 12.6 Å². The predicted molar refractivity (Wildman–Crippen MR) is 144 cm³/mol. The van der Waals surface area contributed by atoms with Crippen molar-refractivity contribution in [2.24, 2.45) is 0 Å². The van der Waals surface area contributed by atoms with Crippen molar-refractivity contribution in [3.05, 3.63) is 58.1 Å². The van der Waals surface area contributed by atoms with Crippen LogP contribution in [0.4, 0.5) is 5.69 Å².